The van der Waals surface area contributed by atoms with E-state index in [-0.39, 0.29) is 24.3 Å². The number of nitrogens with one attached hydrogen (secondary N) is 1. The second-order valence-electron chi connectivity index (χ2n) is 5.97. The number of rotatable bonds is 5. The van der Waals surface area contributed by atoms with E-state index in [2.05, 4.69) is 37.4 Å². The molecule has 3 nitrogen and oxygen atoms in total. The van der Waals surface area contributed by atoms with Crippen molar-refractivity contribution >= 4 is 5.91 Å². The first-order valence-electron chi connectivity index (χ1n) is 7.03. The van der Waals surface area contributed by atoms with Crippen LogP contribution >= 0.6 is 0 Å². The van der Waals surface area contributed by atoms with Crippen LogP contribution in [0, 0.1) is 0 Å². The van der Waals surface area contributed by atoms with E-state index >= 15 is 0 Å². The van der Waals surface area contributed by atoms with Gasteiger partial charge in [0.05, 0.1) is 6.61 Å². The summed E-state index contributed by atoms with van der Waals surface area (Å²) in [4.78, 5) is 11.4. The molecule has 0 bridgehead atoms. The Bertz CT molecular complexity index is 466. The predicted octanol–water partition coefficient (Wildman–Crippen LogP) is 1.95. The molecule has 1 aliphatic rings. The molecule has 1 aromatic carbocycles. The molecule has 0 radical (unpaired) electrons. The summed E-state index contributed by atoms with van der Waals surface area (Å²) in [6, 6.07) is 6.71. The number of hydrogen-bond acceptors (Lipinski definition) is 2. The van der Waals surface area contributed by atoms with Gasteiger partial charge in [0.25, 0.3) is 0 Å². The van der Waals surface area contributed by atoms with Gasteiger partial charge in [-0.1, -0.05) is 32.0 Å². The van der Waals surface area contributed by atoms with E-state index in [1.54, 1.807) is 0 Å². The fourth-order valence-electron chi connectivity index (χ4n) is 2.60. The van der Waals surface area contributed by atoms with Gasteiger partial charge in [0.2, 0.25) is 5.91 Å². The molecule has 104 valence electrons. The number of aliphatic hydroxyl groups is 1. The fraction of sp³-hybridized carbons (Fsp3) is 0.562. The van der Waals surface area contributed by atoms with Gasteiger partial charge in [-0.25, -0.2) is 0 Å². The van der Waals surface area contributed by atoms with E-state index in [1.165, 1.54) is 36.0 Å². The average molecular weight is 261 g/mol. The maximum absolute atomic E-state index is 11.4. The summed E-state index contributed by atoms with van der Waals surface area (Å²) >= 11 is 0. The Balaban J connectivity index is 2.04. The average Bonchev–Trinajstić information content (AvgIpc) is 2.84. The van der Waals surface area contributed by atoms with Crippen LogP contribution in [0.5, 0.6) is 0 Å². The fourth-order valence-corrected chi connectivity index (χ4v) is 2.60. The molecule has 0 saturated carbocycles. The number of aryl methyl sites for hydroxylation is 2. The third-order valence-corrected chi connectivity index (χ3v) is 3.95. The zero-order valence-corrected chi connectivity index (χ0v) is 11.8. The van der Waals surface area contributed by atoms with Crippen LogP contribution in [-0.4, -0.2) is 24.2 Å². The molecule has 0 spiro atoms. The van der Waals surface area contributed by atoms with Gasteiger partial charge in [-0.2, -0.15) is 0 Å². The highest BCUT2D eigenvalue weighted by Gasteiger charge is 2.23. The van der Waals surface area contributed by atoms with Gasteiger partial charge in [0, 0.05) is 18.4 Å². The molecule has 0 saturated heterocycles. The summed E-state index contributed by atoms with van der Waals surface area (Å²) in [5.74, 6) is -0.0864. The highest BCUT2D eigenvalue weighted by Crippen LogP contribution is 2.29. The van der Waals surface area contributed by atoms with Crippen molar-refractivity contribution in [2.75, 3.05) is 13.2 Å². The van der Waals surface area contributed by atoms with Crippen molar-refractivity contribution in [1.82, 2.24) is 5.32 Å². The van der Waals surface area contributed by atoms with E-state index < -0.39 is 0 Å². The van der Waals surface area contributed by atoms with Crippen molar-refractivity contribution in [2.24, 2.45) is 0 Å². The van der Waals surface area contributed by atoms with Crippen molar-refractivity contribution < 1.29 is 9.90 Å². The summed E-state index contributed by atoms with van der Waals surface area (Å²) in [6.07, 6.45) is 3.81. The van der Waals surface area contributed by atoms with Gasteiger partial charge in [-0.05, 0) is 36.0 Å². The van der Waals surface area contributed by atoms with Gasteiger partial charge in [0.1, 0.15) is 0 Å². The zero-order chi connectivity index (χ0) is 13.9. The first-order chi connectivity index (χ1) is 9.03. The smallest absolute Gasteiger partial charge is 0.222 e. The zero-order valence-electron chi connectivity index (χ0n) is 11.8. The molecular weight excluding hydrogens is 238 g/mol. The van der Waals surface area contributed by atoms with E-state index in [9.17, 15) is 4.79 Å². The lowest BCUT2D eigenvalue weighted by atomic mass is 9.83. The number of amides is 1. The maximum Gasteiger partial charge on any atom is 0.222 e. The van der Waals surface area contributed by atoms with E-state index in [0.29, 0.717) is 6.54 Å². The van der Waals surface area contributed by atoms with E-state index in [0.717, 1.165) is 0 Å². The van der Waals surface area contributed by atoms with Gasteiger partial charge in [-0.3, -0.25) is 4.79 Å². The number of benzene rings is 1. The van der Waals surface area contributed by atoms with Crippen molar-refractivity contribution in [2.45, 2.75) is 44.9 Å². The normalized spacial score (nSPS) is 14.3. The molecule has 3 heteroatoms. The first kappa shape index (κ1) is 14.1. The predicted molar refractivity (Wildman–Crippen MR) is 76.2 cm³/mol. The molecule has 1 aliphatic carbocycles. The number of fused-ring (bicyclic) bond motifs is 1. The molecular formula is C16H23NO2. The minimum atomic E-state index is -0.0922. The molecule has 0 aliphatic heterocycles. The van der Waals surface area contributed by atoms with Crippen molar-refractivity contribution in [3.8, 4) is 0 Å². The molecule has 19 heavy (non-hydrogen) atoms. The number of carbonyl (C=O) groups excluding carboxylic acids is 1. The summed E-state index contributed by atoms with van der Waals surface area (Å²) in [6.45, 7) is 4.79. The summed E-state index contributed by atoms with van der Waals surface area (Å²) in [5.41, 5.74) is 4.14. The minimum absolute atomic E-state index is 0.0806. The Labute approximate surface area is 115 Å². The van der Waals surface area contributed by atoms with Crippen LogP contribution in [0.1, 0.15) is 43.4 Å². The molecule has 1 amide bonds. The second-order valence-corrected chi connectivity index (χ2v) is 5.97. The summed E-state index contributed by atoms with van der Waals surface area (Å²) < 4.78 is 0. The number of hydrogen-bond donors (Lipinski definition) is 2. The quantitative estimate of drug-likeness (QED) is 0.851. The molecule has 1 aromatic rings. The topological polar surface area (TPSA) is 49.3 Å². The van der Waals surface area contributed by atoms with Gasteiger partial charge in [0.15, 0.2) is 0 Å². The molecule has 2 N–H and O–H groups in total. The second kappa shape index (κ2) is 5.74. The van der Waals surface area contributed by atoms with Crippen molar-refractivity contribution in [3.63, 3.8) is 0 Å². The van der Waals surface area contributed by atoms with E-state index in [4.69, 9.17) is 5.11 Å². The molecule has 0 aromatic heterocycles. The van der Waals surface area contributed by atoms with Crippen LogP contribution in [0.2, 0.25) is 0 Å². The summed E-state index contributed by atoms with van der Waals surface area (Å²) in [5, 5.41) is 11.6. The third kappa shape index (κ3) is 3.35. The number of aliphatic hydroxyl groups excluding tert-OH is 1. The first-order valence-corrected chi connectivity index (χ1v) is 7.03. The monoisotopic (exact) mass is 261 g/mol. The largest absolute Gasteiger partial charge is 0.396 e. The van der Waals surface area contributed by atoms with Crippen LogP contribution in [0.3, 0.4) is 0 Å². The molecule has 0 atom stereocenters. The Morgan fingerprint density at radius 3 is 2.79 bits per heavy atom. The Hall–Kier alpha value is -1.35. The Morgan fingerprint density at radius 2 is 2.05 bits per heavy atom. The molecule has 2 rings (SSSR count). The molecule has 0 heterocycles. The standard InChI is InChI=1S/C16H23NO2/c1-16(2,11-17-15(19)8-9-18)14-7-6-12-4-3-5-13(12)10-14/h6-7,10,18H,3-5,8-9,11H2,1-2H3,(H,17,19). The van der Waals surface area contributed by atoms with Crippen LogP contribution in [0.25, 0.3) is 0 Å². The van der Waals surface area contributed by atoms with Gasteiger partial charge in [-0.15, -0.1) is 0 Å². The van der Waals surface area contributed by atoms with Crippen LogP contribution in [0.15, 0.2) is 18.2 Å². The number of carbonyl (C=O) groups is 1. The molecule has 0 fully saturated rings. The van der Waals surface area contributed by atoms with Crippen molar-refractivity contribution in [1.29, 1.82) is 0 Å². The minimum Gasteiger partial charge on any atom is -0.396 e. The lowest BCUT2D eigenvalue weighted by Crippen LogP contribution is -2.37. The van der Waals surface area contributed by atoms with Crippen molar-refractivity contribution in [3.05, 3.63) is 34.9 Å². The molecule has 0 unspecified atom stereocenters. The van der Waals surface area contributed by atoms with Gasteiger partial charge >= 0.3 is 0 Å². The van der Waals surface area contributed by atoms with Crippen LogP contribution in [0.4, 0.5) is 0 Å². The van der Waals surface area contributed by atoms with Crippen LogP contribution in [-0.2, 0) is 23.1 Å². The van der Waals surface area contributed by atoms with E-state index in [1.807, 2.05) is 0 Å². The SMILES string of the molecule is CC(C)(CNC(=O)CCO)c1ccc2c(c1)CCC2. The van der Waals surface area contributed by atoms with Crippen LogP contribution < -0.4 is 5.32 Å². The summed E-state index contributed by atoms with van der Waals surface area (Å²) in [7, 11) is 0. The highest BCUT2D eigenvalue weighted by atomic mass is 16.3. The maximum atomic E-state index is 11.4. The lowest BCUT2D eigenvalue weighted by Gasteiger charge is -2.26. The highest BCUT2D eigenvalue weighted by molar-refractivity contribution is 5.76. The third-order valence-electron chi connectivity index (χ3n) is 3.95. The Kier molecular flexibility index (Phi) is 4.25. The Morgan fingerprint density at radius 1 is 1.32 bits per heavy atom. The van der Waals surface area contributed by atoms with Gasteiger partial charge < -0.3 is 10.4 Å². The lowest BCUT2D eigenvalue weighted by molar-refractivity contribution is -0.121.